The van der Waals surface area contributed by atoms with Gasteiger partial charge in [-0.15, -0.1) is 11.3 Å². The molecule has 1 aromatic carbocycles. The summed E-state index contributed by atoms with van der Waals surface area (Å²) in [5.41, 5.74) is 1.69. The number of fused-ring (bicyclic) bond motifs is 1. The third kappa shape index (κ3) is 3.78. The highest BCUT2D eigenvalue weighted by atomic mass is 79.9. The lowest BCUT2D eigenvalue weighted by Gasteiger charge is -2.25. The fraction of sp³-hybridized carbons (Fsp3) is 0.333. The number of carbonyl (C=O) groups is 1. The van der Waals surface area contributed by atoms with E-state index in [1.54, 1.807) is 6.07 Å². The number of furan rings is 1. The molecule has 1 fully saturated rings. The van der Waals surface area contributed by atoms with E-state index in [4.69, 9.17) is 4.42 Å². The average molecular weight is 420 g/mol. The molecule has 1 aliphatic rings. The van der Waals surface area contributed by atoms with E-state index >= 15 is 0 Å². The maximum absolute atomic E-state index is 12.4. The Morgan fingerprint density at radius 3 is 2.96 bits per heavy atom. The van der Waals surface area contributed by atoms with Crippen LogP contribution in [0.4, 0.5) is 5.13 Å². The largest absolute Gasteiger partial charge is 0.450 e. The van der Waals surface area contributed by atoms with Gasteiger partial charge < -0.3 is 4.42 Å². The van der Waals surface area contributed by atoms with Crippen molar-refractivity contribution in [3.63, 3.8) is 0 Å². The van der Waals surface area contributed by atoms with Gasteiger partial charge in [0.1, 0.15) is 5.58 Å². The van der Waals surface area contributed by atoms with E-state index in [0.717, 1.165) is 35.2 Å². The molecular formula is C18H18BrN3O2S. The van der Waals surface area contributed by atoms with Crippen molar-refractivity contribution >= 4 is 49.3 Å². The van der Waals surface area contributed by atoms with Gasteiger partial charge in [-0.25, -0.2) is 4.98 Å². The van der Waals surface area contributed by atoms with E-state index in [1.165, 1.54) is 30.6 Å². The van der Waals surface area contributed by atoms with Crippen molar-refractivity contribution in [1.82, 2.24) is 9.88 Å². The highest BCUT2D eigenvalue weighted by Crippen LogP contribution is 2.27. The number of anilines is 1. The second-order valence-electron chi connectivity index (χ2n) is 6.20. The van der Waals surface area contributed by atoms with E-state index in [1.807, 2.05) is 23.6 Å². The molecule has 1 aliphatic heterocycles. The minimum Gasteiger partial charge on any atom is -0.450 e. The van der Waals surface area contributed by atoms with Crippen molar-refractivity contribution in [2.75, 3.05) is 18.4 Å². The first-order chi connectivity index (χ1) is 12.2. The van der Waals surface area contributed by atoms with Crippen LogP contribution >= 0.6 is 27.3 Å². The number of para-hydroxylation sites is 1. The van der Waals surface area contributed by atoms with Gasteiger partial charge in [0.05, 0.1) is 10.2 Å². The maximum atomic E-state index is 12.4. The smallest absolute Gasteiger partial charge is 0.293 e. The summed E-state index contributed by atoms with van der Waals surface area (Å²) in [5, 5.41) is 6.35. The number of thiazole rings is 1. The van der Waals surface area contributed by atoms with Crippen LogP contribution in [0.1, 0.15) is 35.5 Å². The second-order valence-corrected chi connectivity index (χ2v) is 7.92. The molecule has 25 heavy (non-hydrogen) atoms. The Labute approximate surface area is 158 Å². The molecule has 0 unspecified atom stereocenters. The van der Waals surface area contributed by atoms with Gasteiger partial charge >= 0.3 is 0 Å². The third-order valence-electron chi connectivity index (χ3n) is 4.33. The molecule has 130 valence electrons. The van der Waals surface area contributed by atoms with Crippen LogP contribution in [0.15, 0.2) is 38.5 Å². The molecule has 0 radical (unpaired) electrons. The maximum Gasteiger partial charge on any atom is 0.293 e. The number of carbonyl (C=O) groups excluding carboxylic acids is 1. The summed E-state index contributed by atoms with van der Waals surface area (Å²) in [7, 11) is 0. The first-order valence-electron chi connectivity index (χ1n) is 8.35. The van der Waals surface area contributed by atoms with Crippen LogP contribution < -0.4 is 5.32 Å². The summed E-state index contributed by atoms with van der Waals surface area (Å²) in [5.74, 6) is 0.0108. The fourth-order valence-electron chi connectivity index (χ4n) is 3.08. The van der Waals surface area contributed by atoms with Crippen LogP contribution in [0, 0.1) is 0 Å². The highest BCUT2D eigenvalue weighted by Gasteiger charge is 2.16. The molecule has 0 bridgehead atoms. The summed E-state index contributed by atoms with van der Waals surface area (Å²) in [4.78, 5) is 19.4. The van der Waals surface area contributed by atoms with Crippen LogP contribution in [0.25, 0.3) is 11.0 Å². The Morgan fingerprint density at radius 1 is 1.32 bits per heavy atom. The number of halogens is 1. The van der Waals surface area contributed by atoms with Gasteiger partial charge in [0.25, 0.3) is 5.91 Å². The number of hydrogen-bond donors (Lipinski definition) is 1. The van der Waals surface area contributed by atoms with Gasteiger partial charge in [-0.2, -0.15) is 0 Å². The number of hydrogen-bond acceptors (Lipinski definition) is 5. The molecule has 0 saturated carbocycles. The number of aromatic nitrogens is 1. The van der Waals surface area contributed by atoms with Gasteiger partial charge in [-0.05, 0) is 54.0 Å². The SMILES string of the molecule is O=C(Nc1nc(CN2CCCCC2)cs1)c1cc2cccc(Br)c2o1. The zero-order valence-corrected chi connectivity index (χ0v) is 16.0. The normalized spacial score (nSPS) is 15.6. The molecule has 3 heterocycles. The number of amides is 1. The van der Waals surface area contributed by atoms with Crippen LogP contribution in [0.2, 0.25) is 0 Å². The minimum atomic E-state index is -0.276. The topological polar surface area (TPSA) is 58.4 Å². The van der Waals surface area contributed by atoms with E-state index in [-0.39, 0.29) is 11.7 Å². The molecule has 1 amide bonds. The first-order valence-corrected chi connectivity index (χ1v) is 10.0. The summed E-state index contributed by atoms with van der Waals surface area (Å²) in [6.45, 7) is 3.12. The third-order valence-corrected chi connectivity index (χ3v) is 5.76. The zero-order chi connectivity index (χ0) is 17.2. The Morgan fingerprint density at radius 2 is 2.16 bits per heavy atom. The second kappa shape index (κ2) is 7.27. The molecule has 0 atom stereocenters. The lowest BCUT2D eigenvalue weighted by atomic mass is 10.1. The van der Waals surface area contributed by atoms with Crippen LogP contribution in [0.3, 0.4) is 0 Å². The molecule has 2 aromatic heterocycles. The summed E-state index contributed by atoms with van der Waals surface area (Å²) in [6.07, 6.45) is 3.84. The predicted octanol–water partition coefficient (Wildman–Crippen LogP) is 4.89. The van der Waals surface area contributed by atoms with E-state index in [0.29, 0.717) is 10.7 Å². The van der Waals surface area contributed by atoms with Crippen molar-refractivity contribution in [2.24, 2.45) is 0 Å². The number of rotatable bonds is 4. The van der Waals surface area contributed by atoms with Crippen LogP contribution in [0.5, 0.6) is 0 Å². The van der Waals surface area contributed by atoms with Gasteiger partial charge in [-0.1, -0.05) is 18.6 Å². The van der Waals surface area contributed by atoms with E-state index < -0.39 is 0 Å². The molecule has 1 saturated heterocycles. The molecule has 5 nitrogen and oxygen atoms in total. The van der Waals surface area contributed by atoms with Crippen molar-refractivity contribution < 1.29 is 9.21 Å². The fourth-order valence-corrected chi connectivity index (χ4v) is 4.24. The molecule has 4 rings (SSSR count). The van der Waals surface area contributed by atoms with E-state index in [9.17, 15) is 4.79 Å². The predicted molar refractivity (Wildman–Crippen MR) is 103 cm³/mol. The molecular weight excluding hydrogens is 402 g/mol. The van der Waals surface area contributed by atoms with Crippen molar-refractivity contribution in [1.29, 1.82) is 0 Å². The molecule has 1 N–H and O–H groups in total. The Bertz CT molecular complexity index is 899. The van der Waals surface area contributed by atoms with Gasteiger partial charge in [0.15, 0.2) is 10.9 Å². The van der Waals surface area contributed by atoms with Gasteiger partial charge in [0, 0.05) is 17.3 Å². The summed E-state index contributed by atoms with van der Waals surface area (Å²) in [6, 6.07) is 7.47. The molecule has 0 aliphatic carbocycles. The quantitative estimate of drug-likeness (QED) is 0.653. The number of likely N-dealkylation sites (tertiary alicyclic amines) is 1. The molecule has 0 spiro atoms. The number of benzene rings is 1. The van der Waals surface area contributed by atoms with E-state index in [2.05, 4.69) is 31.1 Å². The number of nitrogens with one attached hydrogen (secondary N) is 1. The number of piperidine rings is 1. The minimum absolute atomic E-state index is 0.276. The molecule has 3 aromatic rings. The monoisotopic (exact) mass is 419 g/mol. The Hall–Kier alpha value is -1.70. The lowest BCUT2D eigenvalue weighted by Crippen LogP contribution is -2.29. The average Bonchev–Trinajstić information content (AvgIpc) is 3.23. The Balaban J connectivity index is 1.44. The highest BCUT2D eigenvalue weighted by molar-refractivity contribution is 9.10. The standard InChI is InChI=1S/C18H18BrN3O2S/c19-14-6-4-5-12-9-15(24-16(12)14)17(23)21-18-20-13(11-25-18)10-22-7-2-1-3-8-22/h4-6,9,11H,1-3,7-8,10H2,(H,20,21,23). The Kier molecular flexibility index (Phi) is 4.87. The summed E-state index contributed by atoms with van der Waals surface area (Å²) >= 11 is 4.89. The number of nitrogens with zero attached hydrogens (tertiary/aromatic N) is 2. The molecule has 7 heteroatoms. The van der Waals surface area contributed by atoms with Gasteiger partial charge in [0.2, 0.25) is 0 Å². The summed E-state index contributed by atoms with van der Waals surface area (Å²) < 4.78 is 6.51. The van der Waals surface area contributed by atoms with Crippen molar-refractivity contribution in [3.8, 4) is 0 Å². The van der Waals surface area contributed by atoms with Crippen molar-refractivity contribution in [3.05, 3.63) is 45.6 Å². The van der Waals surface area contributed by atoms with Crippen molar-refractivity contribution in [2.45, 2.75) is 25.8 Å². The van der Waals surface area contributed by atoms with Gasteiger partial charge in [-0.3, -0.25) is 15.0 Å². The lowest BCUT2D eigenvalue weighted by molar-refractivity contribution is 0.0998. The zero-order valence-electron chi connectivity index (χ0n) is 13.6. The van der Waals surface area contributed by atoms with Crippen LogP contribution in [-0.4, -0.2) is 28.9 Å². The first kappa shape index (κ1) is 16.8. The van der Waals surface area contributed by atoms with Crippen LogP contribution in [-0.2, 0) is 6.54 Å².